The summed E-state index contributed by atoms with van der Waals surface area (Å²) >= 11 is 0. The van der Waals surface area contributed by atoms with E-state index in [1.54, 1.807) is 23.4 Å². The summed E-state index contributed by atoms with van der Waals surface area (Å²) in [6, 6.07) is 14.6. The molecule has 156 valence electrons. The smallest absolute Gasteiger partial charge is 0.237 e. The largest absolute Gasteiger partial charge is 0.505 e. The molecule has 2 amide bonds. The fourth-order valence-corrected chi connectivity index (χ4v) is 4.89. The standard InChI is InChI=1S/C24H20FN3O3/c25-18-12-15(7-8-20(18)29)13-21(30)28-11-9-24(22(28)16-4-3-10-26-14-16)17-5-1-2-6-19(17)27-23(24)31/h1-8,10,12,14,22,29H,9,11,13H2,(H,27,31). The van der Waals surface area contributed by atoms with Crippen molar-refractivity contribution < 1.29 is 19.1 Å². The molecule has 0 bridgehead atoms. The highest BCUT2D eigenvalue weighted by Gasteiger charge is 2.59. The van der Waals surface area contributed by atoms with Gasteiger partial charge in [-0.25, -0.2) is 4.39 Å². The van der Waals surface area contributed by atoms with Crippen molar-refractivity contribution in [2.24, 2.45) is 0 Å². The molecule has 2 unspecified atom stereocenters. The average molecular weight is 417 g/mol. The predicted octanol–water partition coefficient (Wildman–Crippen LogP) is 3.33. The average Bonchev–Trinajstić information content (AvgIpc) is 3.31. The second-order valence-electron chi connectivity index (χ2n) is 7.96. The van der Waals surface area contributed by atoms with E-state index in [4.69, 9.17) is 0 Å². The number of likely N-dealkylation sites (tertiary alicyclic amines) is 1. The molecule has 1 spiro atoms. The summed E-state index contributed by atoms with van der Waals surface area (Å²) in [5.41, 5.74) is 1.96. The number of rotatable bonds is 3. The summed E-state index contributed by atoms with van der Waals surface area (Å²) in [7, 11) is 0. The van der Waals surface area contributed by atoms with Gasteiger partial charge in [0.05, 0.1) is 12.5 Å². The maximum Gasteiger partial charge on any atom is 0.237 e. The SMILES string of the molecule is O=C(Cc1ccc(O)c(F)c1)N1CCC2(C(=O)Nc3ccccc32)C1c1cccnc1. The van der Waals surface area contributed by atoms with E-state index in [1.807, 2.05) is 30.3 Å². The summed E-state index contributed by atoms with van der Waals surface area (Å²) in [5, 5.41) is 12.4. The number of para-hydroxylation sites is 1. The highest BCUT2D eigenvalue weighted by molar-refractivity contribution is 6.07. The lowest BCUT2D eigenvalue weighted by Crippen LogP contribution is -2.43. The minimum atomic E-state index is -0.907. The normalized spacial score (nSPS) is 21.9. The number of phenols is 1. The second-order valence-corrected chi connectivity index (χ2v) is 7.96. The number of amides is 2. The maximum atomic E-state index is 13.8. The zero-order valence-corrected chi connectivity index (χ0v) is 16.6. The maximum absolute atomic E-state index is 13.8. The Bertz CT molecular complexity index is 1180. The third-order valence-corrected chi connectivity index (χ3v) is 6.27. The molecule has 6 nitrogen and oxygen atoms in total. The Balaban J connectivity index is 1.56. The van der Waals surface area contributed by atoms with Crippen LogP contribution in [0.25, 0.3) is 0 Å². The van der Waals surface area contributed by atoms with Gasteiger partial charge in [0.25, 0.3) is 0 Å². The van der Waals surface area contributed by atoms with E-state index in [0.717, 1.165) is 22.9 Å². The van der Waals surface area contributed by atoms with Gasteiger partial charge < -0.3 is 15.3 Å². The lowest BCUT2D eigenvalue weighted by molar-refractivity contribution is -0.132. The van der Waals surface area contributed by atoms with Crippen molar-refractivity contribution in [2.45, 2.75) is 24.3 Å². The first kappa shape index (κ1) is 19.2. The molecule has 1 fully saturated rings. The third-order valence-electron chi connectivity index (χ3n) is 6.27. The topological polar surface area (TPSA) is 82.5 Å². The molecule has 2 aliphatic heterocycles. The van der Waals surface area contributed by atoms with Crippen LogP contribution in [0.5, 0.6) is 5.75 Å². The molecule has 31 heavy (non-hydrogen) atoms. The van der Waals surface area contributed by atoms with E-state index in [9.17, 15) is 19.1 Å². The molecule has 3 aromatic rings. The number of nitrogens with zero attached hydrogens (tertiary/aromatic N) is 2. The summed E-state index contributed by atoms with van der Waals surface area (Å²) < 4.78 is 13.8. The molecule has 1 saturated heterocycles. The molecule has 2 N–H and O–H groups in total. The number of hydrogen-bond donors (Lipinski definition) is 2. The summed E-state index contributed by atoms with van der Waals surface area (Å²) in [4.78, 5) is 32.6. The highest BCUT2D eigenvalue weighted by atomic mass is 19.1. The number of aromatic nitrogens is 1. The number of phenolic OH excluding ortho intramolecular Hbond substituents is 1. The molecule has 5 rings (SSSR count). The van der Waals surface area contributed by atoms with Crippen molar-refractivity contribution in [3.63, 3.8) is 0 Å². The molecule has 1 aromatic heterocycles. The lowest BCUT2D eigenvalue weighted by Gasteiger charge is -2.34. The number of fused-ring (bicyclic) bond motifs is 2. The second kappa shape index (κ2) is 7.19. The van der Waals surface area contributed by atoms with Crippen molar-refractivity contribution in [1.82, 2.24) is 9.88 Å². The summed E-state index contributed by atoms with van der Waals surface area (Å²) in [6.07, 6.45) is 3.78. The zero-order valence-electron chi connectivity index (χ0n) is 16.6. The van der Waals surface area contributed by atoms with Crippen LogP contribution in [0.2, 0.25) is 0 Å². The van der Waals surface area contributed by atoms with Crippen molar-refractivity contribution in [3.8, 4) is 5.75 Å². The molecule has 2 aliphatic rings. The van der Waals surface area contributed by atoms with Crippen LogP contribution in [0.15, 0.2) is 67.0 Å². The Morgan fingerprint density at radius 1 is 1.23 bits per heavy atom. The number of carbonyl (C=O) groups excluding carboxylic acids is 2. The lowest BCUT2D eigenvalue weighted by atomic mass is 9.73. The number of hydrogen-bond acceptors (Lipinski definition) is 4. The number of aromatic hydroxyl groups is 1. The van der Waals surface area contributed by atoms with Crippen LogP contribution in [-0.4, -0.2) is 33.3 Å². The number of nitrogens with one attached hydrogen (secondary N) is 1. The number of carbonyl (C=O) groups is 2. The van der Waals surface area contributed by atoms with Crippen LogP contribution < -0.4 is 5.32 Å². The van der Waals surface area contributed by atoms with Gasteiger partial charge in [0.15, 0.2) is 11.6 Å². The first-order valence-electron chi connectivity index (χ1n) is 10.1. The molecule has 2 atom stereocenters. The minimum Gasteiger partial charge on any atom is -0.505 e. The predicted molar refractivity (Wildman–Crippen MR) is 112 cm³/mol. The Hall–Kier alpha value is -3.74. The molecular weight excluding hydrogens is 397 g/mol. The van der Waals surface area contributed by atoms with Gasteiger partial charge in [0, 0.05) is 24.6 Å². The van der Waals surface area contributed by atoms with E-state index in [2.05, 4.69) is 10.3 Å². The molecule has 0 saturated carbocycles. The fraction of sp³-hybridized carbons (Fsp3) is 0.208. The van der Waals surface area contributed by atoms with Gasteiger partial charge in [0.1, 0.15) is 5.41 Å². The van der Waals surface area contributed by atoms with Crippen molar-refractivity contribution in [2.75, 3.05) is 11.9 Å². The van der Waals surface area contributed by atoms with Gasteiger partial charge in [0.2, 0.25) is 11.8 Å². The molecule has 7 heteroatoms. The Labute approximate surface area is 178 Å². The number of pyridine rings is 1. The van der Waals surface area contributed by atoms with Crippen LogP contribution in [-0.2, 0) is 21.4 Å². The molecule has 0 aliphatic carbocycles. The Morgan fingerprint density at radius 3 is 2.84 bits per heavy atom. The van der Waals surface area contributed by atoms with E-state index < -0.39 is 23.0 Å². The van der Waals surface area contributed by atoms with Crippen LogP contribution >= 0.6 is 0 Å². The van der Waals surface area contributed by atoms with E-state index in [-0.39, 0.29) is 18.2 Å². The number of benzene rings is 2. The minimum absolute atomic E-state index is 0.0344. The van der Waals surface area contributed by atoms with Crippen LogP contribution in [0, 0.1) is 5.82 Å². The quantitative estimate of drug-likeness (QED) is 0.685. The number of halogens is 1. The monoisotopic (exact) mass is 417 g/mol. The first-order chi connectivity index (χ1) is 15.0. The molecular formula is C24H20FN3O3. The first-order valence-corrected chi connectivity index (χ1v) is 10.1. The Morgan fingerprint density at radius 2 is 2.06 bits per heavy atom. The molecule has 3 heterocycles. The van der Waals surface area contributed by atoms with Gasteiger partial charge >= 0.3 is 0 Å². The Kier molecular flexibility index (Phi) is 4.46. The van der Waals surface area contributed by atoms with Crippen LogP contribution in [0.1, 0.15) is 29.2 Å². The summed E-state index contributed by atoms with van der Waals surface area (Å²) in [5.74, 6) is -1.57. The zero-order chi connectivity index (χ0) is 21.6. The van der Waals surface area contributed by atoms with Gasteiger partial charge in [-0.3, -0.25) is 14.6 Å². The van der Waals surface area contributed by atoms with Crippen molar-refractivity contribution in [1.29, 1.82) is 0 Å². The number of anilines is 1. The van der Waals surface area contributed by atoms with Gasteiger partial charge in [-0.05, 0) is 47.4 Å². The van der Waals surface area contributed by atoms with E-state index >= 15 is 0 Å². The van der Waals surface area contributed by atoms with Gasteiger partial charge in [-0.2, -0.15) is 0 Å². The van der Waals surface area contributed by atoms with E-state index in [1.165, 1.54) is 12.1 Å². The van der Waals surface area contributed by atoms with Crippen molar-refractivity contribution >= 4 is 17.5 Å². The molecule has 2 aromatic carbocycles. The van der Waals surface area contributed by atoms with Crippen LogP contribution in [0.3, 0.4) is 0 Å². The fourth-order valence-electron chi connectivity index (χ4n) is 4.89. The van der Waals surface area contributed by atoms with E-state index in [0.29, 0.717) is 18.5 Å². The summed E-state index contributed by atoms with van der Waals surface area (Å²) in [6.45, 7) is 0.390. The van der Waals surface area contributed by atoms with Gasteiger partial charge in [-0.15, -0.1) is 0 Å². The van der Waals surface area contributed by atoms with Crippen LogP contribution in [0.4, 0.5) is 10.1 Å². The van der Waals surface area contributed by atoms with Crippen molar-refractivity contribution in [3.05, 3.63) is 89.5 Å². The highest BCUT2D eigenvalue weighted by Crippen LogP contribution is 2.54. The molecule has 0 radical (unpaired) electrons. The van der Waals surface area contributed by atoms with Gasteiger partial charge in [-0.1, -0.05) is 30.3 Å². The third kappa shape index (κ3) is 2.96.